The van der Waals surface area contributed by atoms with E-state index in [1.165, 1.54) is 6.07 Å². The second kappa shape index (κ2) is 4.13. The highest BCUT2D eigenvalue weighted by Gasteiger charge is 2.16. The molecular weight excluding hydrogens is 226 g/mol. The first kappa shape index (κ1) is 11.5. The molecule has 0 aliphatic rings. The van der Waals surface area contributed by atoms with Gasteiger partial charge in [0.2, 0.25) is 0 Å². The molecule has 0 bridgehead atoms. The second-order valence-electron chi connectivity index (χ2n) is 3.78. The lowest BCUT2D eigenvalue weighted by Crippen LogP contribution is -2.02. The minimum absolute atomic E-state index is 0.104. The summed E-state index contributed by atoms with van der Waals surface area (Å²) in [6.45, 7) is 3.37. The van der Waals surface area contributed by atoms with E-state index in [0.717, 1.165) is 12.1 Å². The van der Waals surface area contributed by atoms with E-state index in [4.69, 9.17) is 4.42 Å². The first-order chi connectivity index (χ1) is 7.99. The molecule has 0 amide bonds. The van der Waals surface area contributed by atoms with E-state index >= 15 is 0 Å². The highest BCUT2D eigenvalue weighted by Crippen LogP contribution is 2.19. The van der Waals surface area contributed by atoms with Crippen LogP contribution in [0.4, 0.5) is 8.78 Å². The van der Waals surface area contributed by atoms with Crippen LogP contribution >= 0.6 is 0 Å². The molecule has 4 heteroatoms. The molecule has 2 nitrogen and oxygen atoms in total. The molecule has 1 heterocycles. The first-order valence-electron chi connectivity index (χ1n) is 5.06. The summed E-state index contributed by atoms with van der Waals surface area (Å²) < 4.78 is 31.0. The Morgan fingerprint density at radius 2 is 1.82 bits per heavy atom. The van der Waals surface area contributed by atoms with E-state index in [2.05, 4.69) is 0 Å². The summed E-state index contributed by atoms with van der Waals surface area (Å²) in [5, 5.41) is 0. The van der Waals surface area contributed by atoms with Gasteiger partial charge in [-0.2, -0.15) is 0 Å². The van der Waals surface area contributed by atoms with Crippen LogP contribution in [0, 0.1) is 25.5 Å². The lowest BCUT2D eigenvalue weighted by molar-refractivity contribution is 0.103. The van der Waals surface area contributed by atoms with Gasteiger partial charge in [-0.15, -0.1) is 0 Å². The number of aryl methyl sites for hydroxylation is 2. The molecule has 0 radical (unpaired) electrons. The Morgan fingerprint density at radius 3 is 2.35 bits per heavy atom. The van der Waals surface area contributed by atoms with E-state index in [1.54, 1.807) is 19.9 Å². The number of carbonyl (C=O) groups is 1. The maximum absolute atomic E-state index is 13.0. The summed E-state index contributed by atoms with van der Waals surface area (Å²) in [5.41, 5.74) is 0.473. The average Bonchev–Trinajstić information content (AvgIpc) is 2.61. The van der Waals surface area contributed by atoms with Crippen molar-refractivity contribution in [2.75, 3.05) is 0 Å². The highest BCUT2D eigenvalue weighted by atomic mass is 19.2. The minimum Gasteiger partial charge on any atom is -0.466 e. The van der Waals surface area contributed by atoms with Gasteiger partial charge in [-0.1, -0.05) is 0 Å². The molecule has 0 unspecified atom stereocenters. The van der Waals surface area contributed by atoms with E-state index in [-0.39, 0.29) is 11.3 Å². The lowest BCUT2D eigenvalue weighted by atomic mass is 10.0. The largest absolute Gasteiger partial charge is 0.466 e. The molecule has 1 aromatic heterocycles. The highest BCUT2D eigenvalue weighted by molar-refractivity contribution is 6.09. The van der Waals surface area contributed by atoms with Gasteiger partial charge in [0.05, 0.1) is 5.56 Å². The van der Waals surface area contributed by atoms with Crippen LogP contribution in [-0.2, 0) is 0 Å². The third kappa shape index (κ3) is 2.11. The van der Waals surface area contributed by atoms with Crippen LogP contribution in [0.2, 0.25) is 0 Å². The van der Waals surface area contributed by atoms with Crippen LogP contribution in [0.15, 0.2) is 28.7 Å². The van der Waals surface area contributed by atoms with Crippen LogP contribution in [-0.4, -0.2) is 5.78 Å². The maximum Gasteiger partial charge on any atom is 0.196 e. The SMILES string of the molecule is Cc1cc(C(=O)c2ccc(F)c(F)c2)c(C)o1. The average molecular weight is 236 g/mol. The molecule has 88 valence electrons. The van der Waals surface area contributed by atoms with Gasteiger partial charge in [-0.25, -0.2) is 8.78 Å². The number of rotatable bonds is 2. The molecule has 0 aliphatic heterocycles. The summed E-state index contributed by atoms with van der Waals surface area (Å²) in [6, 6.07) is 4.66. The van der Waals surface area contributed by atoms with Crippen LogP contribution < -0.4 is 0 Å². The Morgan fingerprint density at radius 1 is 1.12 bits per heavy atom. The Balaban J connectivity index is 2.44. The summed E-state index contributed by atoms with van der Waals surface area (Å²) in [6.07, 6.45) is 0. The van der Waals surface area contributed by atoms with Crippen molar-refractivity contribution in [1.29, 1.82) is 0 Å². The minimum atomic E-state index is -1.03. The number of halogens is 2. The molecule has 0 atom stereocenters. The van der Waals surface area contributed by atoms with Crippen LogP contribution in [0.5, 0.6) is 0 Å². The third-order valence-electron chi connectivity index (χ3n) is 2.47. The summed E-state index contributed by atoms with van der Waals surface area (Å²) >= 11 is 0. The zero-order chi connectivity index (χ0) is 12.6. The van der Waals surface area contributed by atoms with Crippen molar-refractivity contribution < 1.29 is 18.0 Å². The quantitative estimate of drug-likeness (QED) is 0.748. The summed E-state index contributed by atoms with van der Waals surface area (Å²) in [4.78, 5) is 12.0. The number of benzene rings is 1. The molecule has 2 aromatic rings. The van der Waals surface area contributed by atoms with E-state index in [9.17, 15) is 13.6 Å². The van der Waals surface area contributed by atoms with Crippen molar-refractivity contribution in [3.05, 3.63) is 58.5 Å². The standard InChI is InChI=1S/C13H10F2O2/c1-7-5-10(8(2)17-7)13(16)9-3-4-11(14)12(15)6-9/h3-6H,1-2H3. The predicted octanol–water partition coefficient (Wildman–Crippen LogP) is 3.41. The maximum atomic E-state index is 13.0. The fraction of sp³-hybridized carbons (Fsp3) is 0.154. The zero-order valence-electron chi connectivity index (χ0n) is 9.38. The number of ketones is 1. The molecular formula is C13H10F2O2. The monoisotopic (exact) mass is 236 g/mol. The van der Waals surface area contributed by atoms with Gasteiger partial charge in [-0.05, 0) is 38.1 Å². The number of furan rings is 1. The summed E-state index contributed by atoms with van der Waals surface area (Å²) in [5.74, 6) is -1.31. The molecule has 0 aliphatic carbocycles. The van der Waals surface area contributed by atoms with Gasteiger partial charge in [-0.3, -0.25) is 4.79 Å². The fourth-order valence-electron chi connectivity index (χ4n) is 1.65. The molecule has 0 N–H and O–H groups in total. The van der Waals surface area contributed by atoms with Gasteiger partial charge in [0.25, 0.3) is 0 Å². The van der Waals surface area contributed by atoms with Gasteiger partial charge in [0.15, 0.2) is 17.4 Å². The van der Waals surface area contributed by atoms with Crippen LogP contribution in [0.25, 0.3) is 0 Å². The molecule has 17 heavy (non-hydrogen) atoms. The van der Waals surface area contributed by atoms with Crippen molar-refractivity contribution in [2.24, 2.45) is 0 Å². The first-order valence-corrected chi connectivity index (χ1v) is 5.06. The van der Waals surface area contributed by atoms with Crippen LogP contribution in [0.1, 0.15) is 27.4 Å². The van der Waals surface area contributed by atoms with Gasteiger partial charge < -0.3 is 4.42 Å². The topological polar surface area (TPSA) is 30.2 Å². The van der Waals surface area contributed by atoms with E-state index in [1.807, 2.05) is 0 Å². The van der Waals surface area contributed by atoms with Crippen molar-refractivity contribution in [1.82, 2.24) is 0 Å². The number of carbonyl (C=O) groups excluding carboxylic acids is 1. The molecule has 1 aromatic carbocycles. The Labute approximate surface area is 96.9 Å². The molecule has 0 fully saturated rings. The van der Waals surface area contributed by atoms with Crippen molar-refractivity contribution in [3.8, 4) is 0 Å². The normalized spacial score (nSPS) is 10.6. The van der Waals surface area contributed by atoms with E-state index < -0.39 is 11.6 Å². The van der Waals surface area contributed by atoms with Crippen molar-refractivity contribution >= 4 is 5.78 Å². The van der Waals surface area contributed by atoms with Gasteiger partial charge in [0, 0.05) is 5.56 Å². The Hall–Kier alpha value is -1.97. The Kier molecular flexibility index (Phi) is 2.79. The van der Waals surface area contributed by atoms with Gasteiger partial charge in [0.1, 0.15) is 11.5 Å². The molecule has 2 rings (SSSR count). The van der Waals surface area contributed by atoms with E-state index in [0.29, 0.717) is 17.1 Å². The molecule has 0 saturated heterocycles. The number of hydrogen-bond donors (Lipinski definition) is 0. The smallest absolute Gasteiger partial charge is 0.196 e. The molecule has 0 spiro atoms. The zero-order valence-corrected chi connectivity index (χ0v) is 9.38. The second-order valence-corrected chi connectivity index (χ2v) is 3.78. The van der Waals surface area contributed by atoms with Crippen molar-refractivity contribution in [3.63, 3.8) is 0 Å². The predicted molar refractivity (Wildman–Crippen MR) is 58.0 cm³/mol. The van der Waals surface area contributed by atoms with Crippen LogP contribution in [0.3, 0.4) is 0 Å². The lowest BCUT2D eigenvalue weighted by Gasteiger charge is -2.00. The summed E-state index contributed by atoms with van der Waals surface area (Å²) in [7, 11) is 0. The Bertz CT molecular complexity index is 585. The fourth-order valence-corrected chi connectivity index (χ4v) is 1.65. The number of hydrogen-bond acceptors (Lipinski definition) is 2. The third-order valence-corrected chi connectivity index (χ3v) is 2.47. The molecule has 0 saturated carbocycles. The van der Waals surface area contributed by atoms with Crippen molar-refractivity contribution in [2.45, 2.75) is 13.8 Å². The van der Waals surface area contributed by atoms with Gasteiger partial charge >= 0.3 is 0 Å².